The van der Waals surface area contributed by atoms with Gasteiger partial charge in [0.15, 0.2) is 11.5 Å². The Bertz CT molecular complexity index is 1270. The van der Waals surface area contributed by atoms with Gasteiger partial charge >= 0.3 is 5.00 Å². The van der Waals surface area contributed by atoms with Crippen molar-refractivity contribution >= 4 is 32.4 Å². The summed E-state index contributed by atoms with van der Waals surface area (Å²) in [5.41, 5.74) is 0.969. The van der Waals surface area contributed by atoms with Crippen LogP contribution in [0, 0.1) is 17.0 Å². The average Bonchev–Trinajstić information content (AvgIpc) is 3.38. The first-order valence-corrected chi connectivity index (χ1v) is 9.99. The zero-order valence-corrected chi connectivity index (χ0v) is 16.7. The molecule has 0 unspecified atom stereocenters. The highest BCUT2D eigenvalue weighted by molar-refractivity contribution is 7.21. The van der Waals surface area contributed by atoms with Crippen molar-refractivity contribution in [3.05, 3.63) is 58.2 Å². The van der Waals surface area contributed by atoms with Gasteiger partial charge in [-0.2, -0.15) is 4.98 Å². The van der Waals surface area contributed by atoms with E-state index < -0.39 is 4.92 Å². The van der Waals surface area contributed by atoms with Gasteiger partial charge in [-0.25, -0.2) is 9.97 Å². The minimum atomic E-state index is -0.418. The summed E-state index contributed by atoms with van der Waals surface area (Å²) in [4.78, 5) is 24.7. The first-order chi connectivity index (χ1) is 14.6. The van der Waals surface area contributed by atoms with E-state index in [1.165, 1.54) is 6.07 Å². The maximum absolute atomic E-state index is 11.3. The number of aromatic nitrogens is 4. The van der Waals surface area contributed by atoms with Crippen molar-refractivity contribution in [2.24, 2.45) is 0 Å². The third kappa shape index (κ3) is 3.28. The van der Waals surface area contributed by atoms with Gasteiger partial charge in [-0.15, -0.1) is 0 Å². The maximum Gasteiger partial charge on any atom is 0.326 e. The van der Waals surface area contributed by atoms with Crippen molar-refractivity contribution in [2.45, 2.75) is 13.5 Å². The Morgan fingerprint density at radius 1 is 1.23 bits per heavy atom. The SMILES string of the molecule is Cc1nccn1-c1nc(NCc2ccc3c(c2)OCCO3)c2cc([N+](=O)[O-])sc2n1. The maximum atomic E-state index is 11.3. The van der Waals surface area contributed by atoms with Gasteiger partial charge in [-0.05, 0) is 36.0 Å². The van der Waals surface area contributed by atoms with E-state index in [0.29, 0.717) is 47.5 Å². The van der Waals surface area contributed by atoms with Crippen LogP contribution in [-0.2, 0) is 6.54 Å². The second kappa shape index (κ2) is 7.26. The number of hydrogen-bond donors (Lipinski definition) is 1. The van der Waals surface area contributed by atoms with Crippen LogP contribution in [0.2, 0.25) is 0 Å². The molecule has 1 N–H and O–H groups in total. The van der Waals surface area contributed by atoms with Gasteiger partial charge in [0.05, 0.1) is 10.3 Å². The molecule has 11 heteroatoms. The Balaban J connectivity index is 1.52. The molecule has 0 amide bonds. The smallest absolute Gasteiger partial charge is 0.326 e. The molecule has 0 fully saturated rings. The molecular weight excluding hydrogens is 408 g/mol. The number of rotatable bonds is 5. The molecule has 4 aromatic rings. The van der Waals surface area contributed by atoms with E-state index in [1.807, 2.05) is 25.1 Å². The van der Waals surface area contributed by atoms with Crippen LogP contribution < -0.4 is 14.8 Å². The lowest BCUT2D eigenvalue weighted by molar-refractivity contribution is -0.380. The monoisotopic (exact) mass is 424 g/mol. The fourth-order valence-corrected chi connectivity index (χ4v) is 4.05. The van der Waals surface area contributed by atoms with E-state index in [1.54, 1.807) is 17.0 Å². The van der Waals surface area contributed by atoms with Crippen LogP contribution in [-0.4, -0.2) is 37.7 Å². The lowest BCUT2D eigenvalue weighted by Gasteiger charge is -2.19. The predicted octanol–water partition coefficient (Wildman–Crippen LogP) is 3.48. The molecule has 0 bridgehead atoms. The second-order valence-electron chi connectivity index (χ2n) is 6.61. The van der Waals surface area contributed by atoms with E-state index in [0.717, 1.165) is 28.5 Å². The van der Waals surface area contributed by atoms with E-state index in [4.69, 9.17) is 9.47 Å². The van der Waals surface area contributed by atoms with Crippen LogP contribution in [0.4, 0.5) is 10.8 Å². The van der Waals surface area contributed by atoms with Gasteiger partial charge in [0.25, 0.3) is 0 Å². The quantitative estimate of drug-likeness (QED) is 0.382. The van der Waals surface area contributed by atoms with Gasteiger partial charge in [-0.3, -0.25) is 14.7 Å². The molecule has 152 valence electrons. The minimum Gasteiger partial charge on any atom is -0.486 e. The van der Waals surface area contributed by atoms with Crippen LogP contribution in [0.5, 0.6) is 11.5 Å². The van der Waals surface area contributed by atoms with E-state index in [9.17, 15) is 10.1 Å². The summed E-state index contributed by atoms with van der Waals surface area (Å²) in [6, 6.07) is 7.22. The molecule has 0 spiro atoms. The van der Waals surface area contributed by atoms with Gasteiger partial charge in [0.2, 0.25) is 5.95 Å². The van der Waals surface area contributed by atoms with Crippen molar-refractivity contribution in [3.63, 3.8) is 0 Å². The molecular formula is C19H16N6O4S. The van der Waals surface area contributed by atoms with Gasteiger partial charge in [0.1, 0.15) is 29.7 Å². The molecule has 10 nitrogen and oxygen atoms in total. The number of thiophene rings is 1. The Kier molecular flexibility index (Phi) is 4.43. The summed E-state index contributed by atoms with van der Waals surface area (Å²) in [5, 5.41) is 15.2. The van der Waals surface area contributed by atoms with Crippen molar-refractivity contribution in [2.75, 3.05) is 18.5 Å². The largest absolute Gasteiger partial charge is 0.486 e. The number of fused-ring (bicyclic) bond motifs is 2. The number of nitrogens with zero attached hydrogens (tertiary/aromatic N) is 5. The molecule has 0 atom stereocenters. The summed E-state index contributed by atoms with van der Waals surface area (Å²) in [6.45, 7) is 3.35. The number of nitro groups is 1. The van der Waals surface area contributed by atoms with Crippen molar-refractivity contribution in [1.29, 1.82) is 0 Å². The fraction of sp³-hybridized carbons (Fsp3) is 0.211. The van der Waals surface area contributed by atoms with Crippen LogP contribution in [0.1, 0.15) is 11.4 Å². The molecule has 0 radical (unpaired) electrons. The van der Waals surface area contributed by atoms with Crippen molar-refractivity contribution in [3.8, 4) is 17.4 Å². The Morgan fingerprint density at radius 2 is 2.07 bits per heavy atom. The first-order valence-electron chi connectivity index (χ1n) is 9.17. The minimum absolute atomic E-state index is 0.0150. The molecule has 30 heavy (non-hydrogen) atoms. The number of anilines is 1. The Morgan fingerprint density at radius 3 is 2.83 bits per heavy atom. The number of imidazole rings is 1. The number of aryl methyl sites for hydroxylation is 1. The lowest BCUT2D eigenvalue weighted by Crippen LogP contribution is -2.15. The highest BCUT2D eigenvalue weighted by Gasteiger charge is 2.19. The third-order valence-electron chi connectivity index (χ3n) is 4.66. The Hall–Kier alpha value is -3.73. The third-order valence-corrected chi connectivity index (χ3v) is 5.64. The summed E-state index contributed by atoms with van der Waals surface area (Å²) < 4.78 is 12.9. The summed E-state index contributed by atoms with van der Waals surface area (Å²) in [6.07, 6.45) is 3.41. The summed E-state index contributed by atoms with van der Waals surface area (Å²) >= 11 is 1.02. The predicted molar refractivity (Wildman–Crippen MR) is 111 cm³/mol. The van der Waals surface area contributed by atoms with Gasteiger partial charge in [0, 0.05) is 25.0 Å². The van der Waals surface area contributed by atoms with Crippen molar-refractivity contribution in [1.82, 2.24) is 19.5 Å². The van der Waals surface area contributed by atoms with Crippen LogP contribution in [0.3, 0.4) is 0 Å². The van der Waals surface area contributed by atoms with Crippen LogP contribution in [0.25, 0.3) is 16.2 Å². The molecule has 0 saturated carbocycles. The zero-order chi connectivity index (χ0) is 20.7. The number of ether oxygens (including phenoxy) is 2. The number of benzene rings is 1. The van der Waals surface area contributed by atoms with Crippen LogP contribution in [0.15, 0.2) is 36.7 Å². The average molecular weight is 424 g/mol. The van der Waals surface area contributed by atoms with E-state index in [-0.39, 0.29) is 5.00 Å². The highest BCUT2D eigenvalue weighted by atomic mass is 32.1. The lowest BCUT2D eigenvalue weighted by atomic mass is 10.2. The van der Waals surface area contributed by atoms with Gasteiger partial charge < -0.3 is 14.8 Å². The standard InChI is InChI=1S/C19H16N6O4S/c1-11-20-4-5-24(11)19-22-17(13-9-16(25(26)27)30-18(13)23-19)21-10-12-2-3-14-15(8-12)29-7-6-28-14/h2-5,8-9H,6-7,10H2,1H3,(H,21,22,23). The number of hydrogen-bond acceptors (Lipinski definition) is 9. The van der Waals surface area contributed by atoms with E-state index >= 15 is 0 Å². The van der Waals surface area contributed by atoms with Crippen LogP contribution >= 0.6 is 11.3 Å². The molecule has 3 aromatic heterocycles. The fourth-order valence-electron chi connectivity index (χ4n) is 3.20. The molecule has 0 saturated heterocycles. The van der Waals surface area contributed by atoms with Gasteiger partial charge in [-0.1, -0.05) is 6.07 Å². The Labute approximate surface area is 174 Å². The topological polar surface area (TPSA) is 117 Å². The highest BCUT2D eigenvalue weighted by Crippen LogP contribution is 2.35. The molecule has 1 aliphatic heterocycles. The molecule has 4 heterocycles. The first kappa shape index (κ1) is 18.3. The summed E-state index contributed by atoms with van der Waals surface area (Å²) in [5.74, 6) is 3.06. The normalized spacial score (nSPS) is 12.8. The molecule has 5 rings (SSSR count). The second-order valence-corrected chi connectivity index (χ2v) is 7.62. The number of nitrogens with one attached hydrogen (secondary N) is 1. The molecule has 1 aromatic carbocycles. The molecule has 0 aliphatic carbocycles. The van der Waals surface area contributed by atoms with Crippen molar-refractivity contribution < 1.29 is 14.4 Å². The summed E-state index contributed by atoms with van der Waals surface area (Å²) in [7, 11) is 0. The molecule has 1 aliphatic rings. The zero-order valence-electron chi connectivity index (χ0n) is 15.9. The van der Waals surface area contributed by atoms with E-state index in [2.05, 4.69) is 20.3 Å².